The van der Waals surface area contributed by atoms with Gasteiger partial charge in [-0.3, -0.25) is 4.79 Å². The number of hydrogen-bond donors (Lipinski definition) is 0. The van der Waals surface area contributed by atoms with Gasteiger partial charge in [-0.25, -0.2) is 0 Å². The van der Waals surface area contributed by atoms with Gasteiger partial charge in [0.15, 0.2) is 5.78 Å². The predicted molar refractivity (Wildman–Crippen MR) is 89.6 cm³/mol. The number of halogens is 1. The minimum Gasteiger partial charge on any atom is -0.344 e. The molecular formula is C18H16BrNO. The van der Waals surface area contributed by atoms with E-state index in [0.29, 0.717) is 0 Å². The molecule has 21 heavy (non-hydrogen) atoms. The molecule has 1 fully saturated rings. The Balaban J connectivity index is 1.89. The van der Waals surface area contributed by atoms with Crippen molar-refractivity contribution in [3.8, 4) is 0 Å². The lowest BCUT2D eigenvalue weighted by molar-refractivity contribution is 0.104. The Morgan fingerprint density at radius 3 is 2.52 bits per heavy atom. The summed E-state index contributed by atoms with van der Waals surface area (Å²) in [5, 5.41) is 0. The van der Waals surface area contributed by atoms with E-state index >= 15 is 0 Å². The number of rotatable bonds is 3. The molecule has 2 aromatic rings. The third kappa shape index (κ3) is 3.08. The highest BCUT2D eigenvalue weighted by Crippen LogP contribution is 2.33. The number of nitrogens with zero attached hydrogens (tertiary/aromatic N) is 1. The van der Waals surface area contributed by atoms with Crippen LogP contribution in [0.2, 0.25) is 0 Å². The van der Waals surface area contributed by atoms with Crippen molar-refractivity contribution in [2.75, 3.05) is 11.4 Å². The number of benzene rings is 2. The molecule has 2 nitrogen and oxygen atoms in total. The molecule has 0 saturated carbocycles. The zero-order valence-electron chi connectivity index (χ0n) is 11.6. The maximum absolute atomic E-state index is 12.3. The molecule has 106 valence electrons. The smallest absolute Gasteiger partial charge is 0.187 e. The maximum Gasteiger partial charge on any atom is 0.187 e. The van der Waals surface area contributed by atoms with E-state index in [1.807, 2.05) is 48.5 Å². The van der Waals surface area contributed by atoms with Gasteiger partial charge in [-0.2, -0.15) is 0 Å². The van der Waals surface area contributed by atoms with Crippen LogP contribution in [0.15, 0.2) is 70.8 Å². The maximum atomic E-state index is 12.3. The summed E-state index contributed by atoms with van der Waals surface area (Å²) in [5.41, 5.74) is 2.96. The third-order valence-electron chi connectivity index (χ3n) is 3.66. The Morgan fingerprint density at radius 1 is 1.05 bits per heavy atom. The summed E-state index contributed by atoms with van der Waals surface area (Å²) in [6.07, 6.45) is 3.80. The number of allylic oxidation sites excluding steroid dienone is 2. The number of carbonyl (C=O) groups excluding carboxylic acids is 1. The van der Waals surface area contributed by atoms with Crippen LogP contribution in [0.25, 0.3) is 0 Å². The molecular weight excluding hydrogens is 326 g/mol. The first kappa shape index (κ1) is 14.1. The molecule has 0 radical (unpaired) electrons. The first-order valence-electron chi connectivity index (χ1n) is 7.08. The summed E-state index contributed by atoms with van der Waals surface area (Å²) in [7, 11) is 0. The zero-order valence-corrected chi connectivity index (χ0v) is 13.2. The minimum absolute atomic E-state index is 0.0737. The summed E-state index contributed by atoms with van der Waals surface area (Å²) in [6, 6.07) is 17.6. The van der Waals surface area contributed by atoms with Crippen molar-refractivity contribution in [3.05, 3.63) is 76.4 Å². The molecule has 1 heterocycles. The monoisotopic (exact) mass is 341 g/mol. The standard InChI is InChI=1S/C18H16BrNO/c19-16-10-4-5-11-17(16)20-12-6-9-15(20)13-18(21)14-7-2-1-3-8-14/h1-5,7-8,10-11,13H,6,9,12H2/b15-13+. The van der Waals surface area contributed by atoms with E-state index in [-0.39, 0.29) is 5.78 Å². The highest BCUT2D eigenvalue weighted by atomic mass is 79.9. The molecule has 3 rings (SSSR count). The Hall–Kier alpha value is -1.87. The van der Waals surface area contributed by atoms with E-state index < -0.39 is 0 Å². The summed E-state index contributed by atoms with van der Waals surface area (Å²) in [4.78, 5) is 14.6. The molecule has 3 heteroatoms. The Morgan fingerprint density at radius 2 is 1.76 bits per heavy atom. The van der Waals surface area contributed by atoms with Crippen molar-refractivity contribution in [1.82, 2.24) is 0 Å². The molecule has 0 aromatic heterocycles. The van der Waals surface area contributed by atoms with Crippen molar-refractivity contribution >= 4 is 27.4 Å². The molecule has 0 atom stereocenters. The van der Waals surface area contributed by atoms with E-state index in [4.69, 9.17) is 0 Å². The molecule has 1 saturated heterocycles. The Bertz CT molecular complexity index is 679. The molecule has 0 unspecified atom stereocenters. The van der Waals surface area contributed by atoms with E-state index in [9.17, 15) is 4.79 Å². The molecule has 0 spiro atoms. The van der Waals surface area contributed by atoms with Crippen LogP contribution in [0.3, 0.4) is 0 Å². The normalized spacial score (nSPS) is 16.4. The first-order chi connectivity index (χ1) is 10.3. The van der Waals surface area contributed by atoms with E-state index in [2.05, 4.69) is 26.9 Å². The number of anilines is 1. The fraction of sp³-hybridized carbons (Fsp3) is 0.167. The molecule has 2 aromatic carbocycles. The minimum atomic E-state index is 0.0737. The number of ketones is 1. The molecule has 0 N–H and O–H groups in total. The lowest BCUT2D eigenvalue weighted by Gasteiger charge is -2.21. The van der Waals surface area contributed by atoms with Crippen molar-refractivity contribution in [3.63, 3.8) is 0 Å². The summed E-state index contributed by atoms with van der Waals surface area (Å²) in [6.45, 7) is 0.955. The molecule has 1 aliphatic rings. The van der Waals surface area contributed by atoms with E-state index in [1.165, 1.54) is 0 Å². The second-order valence-corrected chi connectivity index (χ2v) is 5.93. The van der Waals surface area contributed by atoms with Gasteiger partial charge >= 0.3 is 0 Å². The van der Waals surface area contributed by atoms with Gasteiger partial charge in [0, 0.05) is 28.4 Å². The Labute approximate surface area is 133 Å². The summed E-state index contributed by atoms with van der Waals surface area (Å²) in [5.74, 6) is 0.0737. The van der Waals surface area contributed by atoms with Crippen LogP contribution in [0.5, 0.6) is 0 Å². The van der Waals surface area contributed by atoms with Crippen molar-refractivity contribution < 1.29 is 4.79 Å². The van der Waals surface area contributed by atoms with Crippen LogP contribution in [-0.4, -0.2) is 12.3 Å². The van der Waals surface area contributed by atoms with Crippen LogP contribution in [0, 0.1) is 0 Å². The second-order valence-electron chi connectivity index (χ2n) is 5.07. The first-order valence-corrected chi connectivity index (χ1v) is 7.87. The molecule has 0 amide bonds. The quantitative estimate of drug-likeness (QED) is 0.589. The van der Waals surface area contributed by atoms with Gasteiger partial charge in [0.05, 0.1) is 5.69 Å². The Kier molecular flexibility index (Phi) is 4.20. The van der Waals surface area contributed by atoms with E-state index in [0.717, 1.165) is 40.8 Å². The highest BCUT2D eigenvalue weighted by Gasteiger charge is 2.21. The van der Waals surface area contributed by atoms with E-state index in [1.54, 1.807) is 6.08 Å². The number of hydrogen-bond acceptors (Lipinski definition) is 2. The lowest BCUT2D eigenvalue weighted by Crippen LogP contribution is -2.17. The SMILES string of the molecule is O=C(/C=C1\CCCN1c1ccccc1Br)c1ccccc1. The number of carbonyl (C=O) groups is 1. The molecule has 1 aliphatic heterocycles. The zero-order chi connectivity index (χ0) is 14.7. The van der Waals surface area contributed by atoms with Crippen molar-refractivity contribution in [1.29, 1.82) is 0 Å². The van der Waals surface area contributed by atoms with Gasteiger partial charge in [0.2, 0.25) is 0 Å². The molecule has 0 aliphatic carbocycles. The van der Waals surface area contributed by atoms with Gasteiger partial charge in [0.1, 0.15) is 0 Å². The largest absolute Gasteiger partial charge is 0.344 e. The van der Waals surface area contributed by atoms with Crippen LogP contribution in [0.1, 0.15) is 23.2 Å². The van der Waals surface area contributed by atoms with Crippen molar-refractivity contribution in [2.24, 2.45) is 0 Å². The lowest BCUT2D eigenvalue weighted by atomic mass is 10.1. The van der Waals surface area contributed by atoms with Gasteiger partial charge < -0.3 is 4.90 Å². The summed E-state index contributed by atoms with van der Waals surface area (Å²) < 4.78 is 1.06. The van der Waals surface area contributed by atoms with Crippen molar-refractivity contribution in [2.45, 2.75) is 12.8 Å². The fourth-order valence-corrected chi connectivity index (χ4v) is 3.13. The summed E-state index contributed by atoms with van der Waals surface area (Å²) >= 11 is 3.59. The van der Waals surface area contributed by atoms with Gasteiger partial charge in [0.25, 0.3) is 0 Å². The van der Waals surface area contributed by atoms with Gasteiger partial charge in [-0.05, 0) is 40.9 Å². The average molecular weight is 342 g/mol. The van der Waals surface area contributed by atoms with Crippen LogP contribution >= 0.6 is 15.9 Å². The highest BCUT2D eigenvalue weighted by molar-refractivity contribution is 9.10. The van der Waals surface area contributed by atoms with Crippen LogP contribution < -0.4 is 4.90 Å². The topological polar surface area (TPSA) is 20.3 Å². The molecule has 0 bridgehead atoms. The number of para-hydroxylation sites is 1. The van der Waals surface area contributed by atoms with Crippen LogP contribution in [-0.2, 0) is 0 Å². The third-order valence-corrected chi connectivity index (χ3v) is 4.33. The van der Waals surface area contributed by atoms with Crippen LogP contribution in [0.4, 0.5) is 5.69 Å². The fourth-order valence-electron chi connectivity index (χ4n) is 2.63. The predicted octanol–water partition coefficient (Wildman–Crippen LogP) is 4.82. The average Bonchev–Trinajstić information content (AvgIpc) is 2.96. The second kappa shape index (κ2) is 6.27. The van der Waals surface area contributed by atoms with Gasteiger partial charge in [-0.15, -0.1) is 0 Å². The van der Waals surface area contributed by atoms with Gasteiger partial charge in [-0.1, -0.05) is 42.5 Å².